The van der Waals surface area contributed by atoms with Crippen molar-refractivity contribution in [2.75, 3.05) is 19.1 Å². The molecule has 0 saturated carbocycles. The van der Waals surface area contributed by atoms with Crippen molar-refractivity contribution in [1.29, 1.82) is 0 Å². The number of nitrogens with one attached hydrogen (secondary N) is 1. The molecule has 108 valence electrons. The zero-order valence-corrected chi connectivity index (χ0v) is 11.8. The summed E-state index contributed by atoms with van der Waals surface area (Å²) in [5.74, 6) is -0.426. The standard InChI is InChI=1S/C16H15FN2O2/c1-19-13-6-4-3-5-11(13)16(20)18-15(19)10-7-8-14(21-2)12(17)9-10/h3-9,15H,1-2H3,(H,18,20)/t15-/m0/s1. The molecule has 0 radical (unpaired) electrons. The first-order valence-corrected chi connectivity index (χ1v) is 6.58. The quantitative estimate of drug-likeness (QED) is 0.923. The van der Waals surface area contributed by atoms with Gasteiger partial charge in [0.15, 0.2) is 11.6 Å². The van der Waals surface area contributed by atoms with Gasteiger partial charge < -0.3 is 15.0 Å². The molecule has 2 aromatic rings. The Hall–Kier alpha value is -2.56. The molecular weight excluding hydrogens is 271 g/mol. The van der Waals surface area contributed by atoms with Crippen molar-refractivity contribution in [3.05, 3.63) is 59.4 Å². The van der Waals surface area contributed by atoms with Crippen molar-refractivity contribution in [1.82, 2.24) is 5.32 Å². The van der Waals surface area contributed by atoms with Gasteiger partial charge in [0.1, 0.15) is 6.17 Å². The van der Waals surface area contributed by atoms with Crippen LogP contribution in [0.15, 0.2) is 42.5 Å². The summed E-state index contributed by atoms with van der Waals surface area (Å²) in [5.41, 5.74) is 2.10. The molecule has 0 aliphatic carbocycles. The van der Waals surface area contributed by atoms with Crippen LogP contribution >= 0.6 is 0 Å². The molecule has 1 N–H and O–H groups in total. The van der Waals surface area contributed by atoms with Crippen LogP contribution in [-0.2, 0) is 0 Å². The van der Waals surface area contributed by atoms with Gasteiger partial charge in [0.05, 0.1) is 18.4 Å². The molecule has 4 nitrogen and oxygen atoms in total. The predicted molar refractivity (Wildman–Crippen MR) is 78.0 cm³/mol. The van der Waals surface area contributed by atoms with E-state index in [9.17, 15) is 9.18 Å². The summed E-state index contributed by atoms with van der Waals surface area (Å²) in [6, 6.07) is 12.0. The number of rotatable bonds is 2. The van der Waals surface area contributed by atoms with Crippen molar-refractivity contribution < 1.29 is 13.9 Å². The fourth-order valence-corrected chi connectivity index (χ4v) is 2.57. The number of anilines is 1. The average molecular weight is 286 g/mol. The molecule has 1 aliphatic rings. The average Bonchev–Trinajstić information content (AvgIpc) is 2.51. The molecule has 1 atom stereocenters. The fourth-order valence-electron chi connectivity index (χ4n) is 2.57. The van der Waals surface area contributed by atoms with Gasteiger partial charge >= 0.3 is 0 Å². The number of carbonyl (C=O) groups excluding carboxylic acids is 1. The number of halogens is 1. The van der Waals surface area contributed by atoms with Crippen LogP contribution in [0.2, 0.25) is 0 Å². The molecule has 21 heavy (non-hydrogen) atoms. The van der Waals surface area contributed by atoms with Gasteiger partial charge in [-0.3, -0.25) is 4.79 Å². The van der Waals surface area contributed by atoms with Crippen LogP contribution in [0, 0.1) is 5.82 Å². The van der Waals surface area contributed by atoms with Crippen LogP contribution in [0.3, 0.4) is 0 Å². The van der Waals surface area contributed by atoms with Crippen molar-refractivity contribution in [3.8, 4) is 5.75 Å². The maximum Gasteiger partial charge on any atom is 0.255 e. The number of carbonyl (C=O) groups is 1. The summed E-state index contributed by atoms with van der Waals surface area (Å²) < 4.78 is 18.8. The van der Waals surface area contributed by atoms with E-state index in [1.807, 2.05) is 30.1 Å². The number of nitrogens with zero attached hydrogens (tertiary/aromatic N) is 1. The fraction of sp³-hybridized carbons (Fsp3) is 0.188. The molecule has 0 bridgehead atoms. The third kappa shape index (κ3) is 2.20. The number of benzene rings is 2. The lowest BCUT2D eigenvalue weighted by atomic mass is 10.0. The monoisotopic (exact) mass is 286 g/mol. The SMILES string of the molecule is COc1ccc([C@H]2NC(=O)c3ccccc3N2C)cc1F. The smallest absolute Gasteiger partial charge is 0.255 e. The Morgan fingerprint density at radius 3 is 2.71 bits per heavy atom. The van der Waals surface area contributed by atoms with Crippen molar-refractivity contribution in [2.24, 2.45) is 0 Å². The zero-order valence-electron chi connectivity index (χ0n) is 11.8. The van der Waals surface area contributed by atoms with Gasteiger partial charge in [-0.05, 0) is 29.8 Å². The maximum atomic E-state index is 13.9. The number of amides is 1. The molecule has 1 heterocycles. The molecule has 1 amide bonds. The predicted octanol–water partition coefficient (Wildman–Crippen LogP) is 2.71. The van der Waals surface area contributed by atoms with Crippen LogP contribution < -0.4 is 15.0 Å². The van der Waals surface area contributed by atoms with Crippen LogP contribution in [0.4, 0.5) is 10.1 Å². The third-order valence-electron chi connectivity index (χ3n) is 3.68. The lowest BCUT2D eigenvalue weighted by Crippen LogP contribution is -2.44. The van der Waals surface area contributed by atoms with E-state index in [-0.39, 0.29) is 11.7 Å². The Morgan fingerprint density at radius 2 is 2.00 bits per heavy atom. The second kappa shape index (κ2) is 5.09. The van der Waals surface area contributed by atoms with Crippen molar-refractivity contribution in [2.45, 2.75) is 6.17 Å². The van der Waals surface area contributed by atoms with E-state index in [1.54, 1.807) is 18.2 Å². The number of ether oxygens (including phenoxy) is 1. The van der Waals surface area contributed by atoms with Gasteiger partial charge in [-0.2, -0.15) is 0 Å². The maximum absolute atomic E-state index is 13.9. The number of hydrogen-bond donors (Lipinski definition) is 1. The zero-order chi connectivity index (χ0) is 15.0. The van der Waals surface area contributed by atoms with E-state index in [2.05, 4.69) is 5.32 Å². The topological polar surface area (TPSA) is 41.6 Å². The Morgan fingerprint density at radius 1 is 1.24 bits per heavy atom. The minimum Gasteiger partial charge on any atom is -0.494 e. The van der Waals surface area contributed by atoms with Gasteiger partial charge in [-0.15, -0.1) is 0 Å². The lowest BCUT2D eigenvalue weighted by molar-refractivity contribution is 0.0928. The summed E-state index contributed by atoms with van der Waals surface area (Å²) in [6.45, 7) is 0. The summed E-state index contributed by atoms with van der Waals surface area (Å²) in [5, 5.41) is 2.88. The van der Waals surface area contributed by atoms with E-state index in [0.717, 1.165) is 5.69 Å². The minimum absolute atomic E-state index is 0.162. The van der Waals surface area contributed by atoms with E-state index in [0.29, 0.717) is 11.1 Å². The minimum atomic E-state index is -0.448. The lowest BCUT2D eigenvalue weighted by Gasteiger charge is -2.36. The summed E-state index contributed by atoms with van der Waals surface area (Å²) >= 11 is 0. The van der Waals surface area contributed by atoms with Crippen LogP contribution in [-0.4, -0.2) is 20.1 Å². The Kier molecular flexibility index (Phi) is 3.25. The molecule has 0 unspecified atom stereocenters. The summed E-state index contributed by atoms with van der Waals surface area (Å²) in [7, 11) is 3.29. The molecule has 5 heteroatoms. The van der Waals surface area contributed by atoms with Gasteiger partial charge in [0.2, 0.25) is 0 Å². The number of fused-ring (bicyclic) bond motifs is 1. The molecule has 2 aromatic carbocycles. The van der Waals surface area contributed by atoms with E-state index in [4.69, 9.17) is 4.74 Å². The summed E-state index contributed by atoms with van der Waals surface area (Å²) in [6.07, 6.45) is -0.409. The first-order valence-electron chi connectivity index (χ1n) is 6.58. The second-order valence-corrected chi connectivity index (χ2v) is 4.90. The van der Waals surface area contributed by atoms with Crippen LogP contribution in [0.25, 0.3) is 0 Å². The number of hydrogen-bond acceptors (Lipinski definition) is 3. The van der Waals surface area contributed by atoms with Crippen molar-refractivity contribution in [3.63, 3.8) is 0 Å². The summed E-state index contributed by atoms with van der Waals surface area (Å²) in [4.78, 5) is 14.1. The molecule has 3 rings (SSSR count). The van der Waals surface area contributed by atoms with Gasteiger partial charge in [-0.1, -0.05) is 18.2 Å². The molecule has 0 saturated heterocycles. The Balaban J connectivity index is 2.01. The third-order valence-corrected chi connectivity index (χ3v) is 3.68. The normalized spacial score (nSPS) is 17.2. The molecular formula is C16H15FN2O2. The Labute approximate surface area is 122 Å². The molecule has 0 spiro atoms. The highest BCUT2D eigenvalue weighted by Gasteiger charge is 2.29. The van der Waals surface area contributed by atoms with Crippen LogP contribution in [0.5, 0.6) is 5.75 Å². The Bertz CT molecular complexity index is 702. The van der Waals surface area contributed by atoms with Gasteiger partial charge in [0, 0.05) is 7.05 Å². The molecule has 1 aliphatic heterocycles. The van der Waals surface area contributed by atoms with E-state index < -0.39 is 12.0 Å². The highest BCUT2D eigenvalue weighted by atomic mass is 19.1. The van der Waals surface area contributed by atoms with Crippen LogP contribution in [0.1, 0.15) is 22.1 Å². The first-order chi connectivity index (χ1) is 10.1. The van der Waals surface area contributed by atoms with E-state index >= 15 is 0 Å². The van der Waals surface area contributed by atoms with Crippen molar-refractivity contribution >= 4 is 11.6 Å². The first kappa shape index (κ1) is 13.4. The van der Waals surface area contributed by atoms with Gasteiger partial charge in [0.25, 0.3) is 5.91 Å². The second-order valence-electron chi connectivity index (χ2n) is 4.90. The van der Waals surface area contributed by atoms with E-state index in [1.165, 1.54) is 13.2 Å². The number of methoxy groups -OCH3 is 1. The van der Waals surface area contributed by atoms with Gasteiger partial charge in [-0.25, -0.2) is 4.39 Å². The largest absolute Gasteiger partial charge is 0.494 e. The molecule has 0 fully saturated rings. The highest BCUT2D eigenvalue weighted by Crippen LogP contribution is 2.32. The highest BCUT2D eigenvalue weighted by molar-refractivity contribution is 6.01. The number of para-hydroxylation sites is 1. The molecule has 0 aromatic heterocycles.